The van der Waals surface area contributed by atoms with Crippen LogP contribution >= 0.6 is 47.1 Å². The molecule has 0 bridgehead atoms. The minimum absolute atomic E-state index is 0. The highest BCUT2D eigenvalue weighted by molar-refractivity contribution is 14.0. The number of hydrogen-bond donors (Lipinski definition) is 2. The van der Waals surface area contributed by atoms with Crippen LogP contribution in [0.4, 0.5) is 0 Å². The van der Waals surface area contributed by atoms with E-state index in [1.807, 2.05) is 7.05 Å². The zero-order valence-electron chi connectivity index (χ0n) is 13.6. The molecule has 0 amide bonds. The molecule has 1 fully saturated rings. The fraction of sp³-hybridized carbons (Fsp3) is 0.733. The molecule has 1 aliphatic rings. The SMILES string of the molecule is CCSC1CCC(NC(=NC)NCc2csc(CC)n2)C1.I. The van der Waals surface area contributed by atoms with Crippen LogP contribution in [0, 0.1) is 0 Å². The van der Waals surface area contributed by atoms with E-state index in [0.29, 0.717) is 6.04 Å². The Morgan fingerprint density at radius 2 is 2.27 bits per heavy atom. The number of aliphatic imine (C=N–C) groups is 1. The molecular formula is C15H27IN4S2. The summed E-state index contributed by atoms with van der Waals surface area (Å²) in [5.74, 6) is 2.11. The molecule has 1 heterocycles. The average molecular weight is 454 g/mol. The van der Waals surface area contributed by atoms with Gasteiger partial charge in [-0.05, 0) is 31.4 Å². The highest BCUT2D eigenvalue weighted by Gasteiger charge is 2.25. The highest BCUT2D eigenvalue weighted by Crippen LogP contribution is 2.29. The van der Waals surface area contributed by atoms with Crippen LogP contribution in [0.2, 0.25) is 0 Å². The van der Waals surface area contributed by atoms with Crippen LogP contribution in [0.15, 0.2) is 10.4 Å². The Morgan fingerprint density at radius 1 is 1.45 bits per heavy atom. The van der Waals surface area contributed by atoms with Gasteiger partial charge in [-0.25, -0.2) is 4.98 Å². The lowest BCUT2D eigenvalue weighted by atomic mass is 10.2. The minimum atomic E-state index is 0. The number of aromatic nitrogens is 1. The van der Waals surface area contributed by atoms with E-state index in [1.54, 1.807) is 11.3 Å². The Kier molecular flexibility index (Phi) is 9.74. The number of nitrogens with zero attached hydrogens (tertiary/aromatic N) is 2. The van der Waals surface area contributed by atoms with Crippen LogP contribution in [0.3, 0.4) is 0 Å². The van der Waals surface area contributed by atoms with Crippen molar-refractivity contribution < 1.29 is 0 Å². The van der Waals surface area contributed by atoms with Crippen molar-refractivity contribution in [2.45, 2.75) is 57.4 Å². The number of hydrogen-bond acceptors (Lipinski definition) is 4. The van der Waals surface area contributed by atoms with Gasteiger partial charge in [0.1, 0.15) is 0 Å². The van der Waals surface area contributed by atoms with Gasteiger partial charge in [-0.2, -0.15) is 11.8 Å². The van der Waals surface area contributed by atoms with Gasteiger partial charge < -0.3 is 10.6 Å². The lowest BCUT2D eigenvalue weighted by Crippen LogP contribution is -2.42. The molecule has 0 saturated heterocycles. The molecule has 2 unspecified atom stereocenters. The van der Waals surface area contributed by atoms with Gasteiger partial charge in [-0.15, -0.1) is 35.3 Å². The van der Waals surface area contributed by atoms with Crippen LogP contribution in [0.5, 0.6) is 0 Å². The standard InChI is InChI=1S/C15H26N4S2.HI/c1-4-14-18-12(10-21-14)9-17-15(16-3)19-11-6-7-13(8-11)20-5-2;/h10-11,13H,4-9H2,1-3H3,(H2,16,17,19);1H. The quantitative estimate of drug-likeness (QED) is 0.391. The van der Waals surface area contributed by atoms with Crippen molar-refractivity contribution in [3.63, 3.8) is 0 Å². The second-order valence-corrected chi connectivity index (χ2v) is 7.76. The first-order chi connectivity index (χ1) is 10.2. The molecule has 0 radical (unpaired) electrons. The van der Waals surface area contributed by atoms with Gasteiger partial charge in [0.15, 0.2) is 5.96 Å². The molecule has 1 aliphatic carbocycles. The average Bonchev–Trinajstić information content (AvgIpc) is 3.13. The van der Waals surface area contributed by atoms with Crippen LogP contribution < -0.4 is 10.6 Å². The summed E-state index contributed by atoms with van der Waals surface area (Å²) in [7, 11) is 1.83. The van der Waals surface area contributed by atoms with Gasteiger partial charge >= 0.3 is 0 Å². The van der Waals surface area contributed by atoms with Gasteiger partial charge in [-0.1, -0.05) is 13.8 Å². The molecule has 1 aromatic heterocycles. The zero-order valence-corrected chi connectivity index (χ0v) is 17.6. The Bertz CT molecular complexity index is 464. The molecule has 1 aromatic rings. The first-order valence-electron chi connectivity index (χ1n) is 7.77. The first kappa shape index (κ1) is 20.0. The fourth-order valence-electron chi connectivity index (χ4n) is 2.61. The molecule has 2 rings (SSSR count). The molecule has 2 N–H and O–H groups in total. The zero-order chi connectivity index (χ0) is 15.1. The summed E-state index contributed by atoms with van der Waals surface area (Å²) in [4.78, 5) is 8.90. The fourth-order valence-corrected chi connectivity index (χ4v) is 4.50. The van der Waals surface area contributed by atoms with E-state index in [1.165, 1.54) is 30.0 Å². The van der Waals surface area contributed by atoms with Crippen molar-refractivity contribution in [1.29, 1.82) is 0 Å². The van der Waals surface area contributed by atoms with E-state index in [4.69, 9.17) is 0 Å². The van der Waals surface area contributed by atoms with E-state index >= 15 is 0 Å². The minimum Gasteiger partial charge on any atom is -0.354 e. The molecule has 22 heavy (non-hydrogen) atoms. The molecule has 0 spiro atoms. The van der Waals surface area contributed by atoms with Gasteiger partial charge in [0.05, 0.1) is 17.2 Å². The maximum Gasteiger partial charge on any atom is 0.191 e. The predicted molar refractivity (Wildman–Crippen MR) is 110 cm³/mol. The third-order valence-electron chi connectivity index (χ3n) is 3.69. The Hall–Kier alpha value is -0.0200. The lowest BCUT2D eigenvalue weighted by molar-refractivity contribution is 0.614. The van der Waals surface area contributed by atoms with Gasteiger partial charge in [0.2, 0.25) is 0 Å². The maximum absolute atomic E-state index is 4.57. The topological polar surface area (TPSA) is 49.3 Å². The largest absolute Gasteiger partial charge is 0.354 e. The van der Waals surface area contributed by atoms with Gasteiger partial charge in [-0.3, -0.25) is 4.99 Å². The second-order valence-electron chi connectivity index (χ2n) is 5.24. The smallest absolute Gasteiger partial charge is 0.191 e. The van der Waals surface area contributed by atoms with E-state index in [2.05, 4.69) is 51.6 Å². The molecule has 126 valence electrons. The summed E-state index contributed by atoms with van der Waals surface area (Å²) in [5.41, 5.74) is 1.10. The van der Waals surface area contributed by atoms with E-state index in [0.717, 1.165) is 29.9 Å². The van der Waals surface area contributed by atoms with E-state index in [9.17, 15) is 0 Å². The third-order valence-corrected chi connectivity index (χ3v) is 5.96. The number of guanidine groups is 1. The molecule has 4 nitrogen and oxygen atoms in total. The number of thiazole rings is 1. The third kappa shape index (κ3) is 6.23. The molecule has 1 saturated carbocycles. The summed E-state index contributed by atoms with van der Waals surface area (Å²) in [6, 6.07) is 0.557. The van der Waals surface area contributed by atoms with Crippen LogP contribution in [-0.4, -0.2) is 35.0 Å². The van der Waals surface area contributed by atoms with Crippen molar-refractivity contribution in [3.05, 3.63) is 16.1 Å². The summed E-state index contributed by atoms with van der Waals surface area (Å²) < 4.78 is 0. The van der Waals surface area contributed by atoms with Crippen molar-refractivity contribution in [2.24, 2.45) is 4.99 Å². The van der Waals surface area contributed by atoms with Gasteiger partial charge in [0.25, 0.3) is 0 Å². The van der Waals surface area contributed by atoms with Crippen LogP contribution in [0.1, 0.15) is 43.8 Å². The highest BCUT2D eigenvalue weighted by atomic mass is 127. The first-order valence-corrected chi connectivity index (χ1v) is 9.70. The summed E-state index contributed by atoms with van der Waals surface area (Å²) in [5, 5.41) is 11.1. The molecule has 7 heteroatoms. The summed E-state index contributed by atoms with van der Waals surface area (Å²) in [6.45, 7) is 5.13. The Balaban J connectivity index is 0.00000242. The monoisotopic (exact) mass is 454 g/mol. The molecule has 0 aliphatic heterocycles. The normalized spacial score (nSPS) is 21.5. The second kappa shape index (κ2) is 10.7. The van der Waals surface area contributed by atoms with Crippen molar-refractivity contribution >= 4 is 53.0 Å². The number of thioether (sulfide) groups is 1. The van der Waals surface area contributed by atoms with Crippen LogP contribution in [-0.2, 0) is 13.0 Å². The molecule has 2 atom stereocenters. The van der Waals surface area contributed by atoms with E-state index in [-0.39, 0.29) is 24.0 Å². The number of aryl methyl sites for hydroxylation is 1. The number of rotatable bonds is 6. The van der Waals surface area contributed by atoms with Crippen LogP contribution in [0.25, 0.3) is 0 Å². The Labute approximate surface area is 159 Å². The lowest BCUT2D eigenvalue weighted by Gasteiger charge is -2.17. The van der Waals surface area contributed by atoms with Gasteiger partial charge in [0, 0.05) is 23.7 Å². The van der Waals surface area contributed by atoms with Crippen molar-refractivity contribution in [2.75, 3.05) is 12.8 Å². The predicted octanol–water partition coefficient (Wildman–Crippen LogP) is 3.66. The number of halogens is 1. The Morgan fingerprint density at radius 3 is 2.91 bits per heavy atom. The van der Waals surface area contributed by atoms with E-state index < -0.39 is 0 Å². The molecular weight excluding hydrogens is 427 g/mol. The number of nitrogens with one attached hydrogen (secondary N) is 2. The molecule has 0 aromatic carbocycles. The van der Waals surface area contributed by atoms with Crippen molar-refractivity contribution in [3.8, 4) is 0 Å². The maximum atomic E-state index is 4.57. The van der Waals surface area contributed by atoms with Crippen molar-refractivity contribution in [1.82, 2.24) is 15.6 Å². The summed E-state index contributed by atoms with van der Waals surface area (Å²) >= 11 is 3.82. The summed E-state index contributed by atoms with van der Waals surface area (Å²) in [6.07, 6.45) is 4.82.